The highest BCUT2D eigenvalue weighted by Crippen LogP contribution is 2.06. The smallest absolute Gasteiger partial charge is 0.339 e. The monoisotopic (exact) mass is 181 g/mol. The number of carboxylic acid groups (broad SMARTS) is 1. The summed E-state index contributed by atoms with van der Waals surface area (Å²) in [6, 6.07) is 0. The summed E-state index contributed by atoms with van der Waals surface area (Å²) in [5.74, 6) is -0.537. The molecule has 0 aliphatic carbocycles. The van der Waals surface area contributed by atoms with E-state index in [1.165, 1.54) is 6.20 Å². The van der Waals surface area contributed by atoms with E-state index in [-0.39, 0.29) is 5.56 Å². The highest BCUT2D eigenvalue weighted by atomic mass is 16.4. The van der Waals surface area contributed by atoms with Crippen molar-refractivity contribution < 1.29 is 9.90 Å². The molecule has 0 unspecified atom stereocenters. The third kappa shape index (κ3) is 2.14. The summed E-state index contributed by atoms with van der Waals surface area (Å²) >= 11 is 0. The summed E-state index contributed by atoms with van der Waals surface area (Å²) in [6.45, 7) is 4.28. The van der Waals surface area contributed by atoms with Gasteiger partial charge in [0.1, 0.15) is 0 Å². The van der Waals surface area contributed by atoms with Crippen LogP contribution in [0.4, 0.5) is 5.95 Å². The molecule has 0 atom stereocenters. The average molecular weight is 181 g/mol. The number of rotatable bonds is 3. The van der Waals surface area contributed by atoms with Crippen molar-refractivity contribution in [2.24, 2.45) is 0 Å². The van der Waals surface area contributed by atoms with Gasteiger partial charge in [0.15, 0.2) is 0 Å². The standard InChI is InChI=1S/C8H11N3O2/c1-3-9-8-10-4-6(7(12)13)5(2)11-8/h4H,3H2,1-2H3,(H,12,13)(H,9,10,11). The molecule has 0 aliphatic heterocycles. The third-order valence-corrected chi connectivity index (χ3v) is 1.54. The Labute approximate surface area is 75.8 Å². The minimum Gasteiger partial charge on any atom is -0.478 e. The fraction of sp³-hybridized carbons (Fsp3) is 0.375. The second kappa shape index (κ2) is 3.84. The summed E-state index contributed by atoms with van der Waals surface area (Å²) in [5.41, 5.74) is 0.611. The first-order valence-electron chi connectivity index (χ1n) is 3.96. The normalized spacial score (nSPS) is 9.69. The number of nitrogens with zero attached hydrogens (tertiary/aromatic N) is 2. The molecule has 0 saturated heterocycles. The minimum atomic E-state index is -0.999. The van der Waals surface area contributed by atoms with Crippen LogP contribution < -0.4 is 5.32 Å². The van der Waals surface area contributed by atoms with Gasteiger partial charge in [0.25, 0.3) is 0 Å². The number of hydrogen-bond donors (Lipinski definition) is 2. The molecule has 70 valence electrons. The Morgan fingerprint density at radius 3 is 2.85 bits per heavy atom. The highest BCUT2D eigenvalue weighted by Gasteiger charge is 2.08. The van der Waals surface area contributed by atoms with Gasteiger partial charge in [-0.2, -0.15) is 0 Å². The van der Waals surface area contributed by atoms with E-state index in [1.807, 2.05) is 6.92 Å². The van der Waals surface area contributed by atoms with Crippen molar-refractivity contribution in [1.29, 1.82) is 0 Å². The van der Waals surface area contributed by atoms with Gasteiger partial charge in [-0.3, -0.25) is 0 Å². The first-order chi connectivity index (χ1) is 6.15. The molecule has 0 amide bonds. The average Bonchev–Trinajstić information content (AvgIpc) is 2.04. The number of nitrogens with one attached hydrogen (secondary N) is 1. The molecule has 1 rings (SSSR count). The van der Waals surface area contributed by atoms with E-state index in [0.29, 0.717) is 18.2 Å². The van der Waals surface area contributed by atoms with Gasteiger partial charge in [0, 0.05) is 12.7 Å². The van der Waals surface area contributed by atoms with Crippen LogP contribution in [-0.2, 0) is 0 Å². The molecular formula is C8H11N3O2. The number of aromatic nitrogens is 2. The molecule has 13 heavy (non-hydrogen) atoms. The van der Waals surface area contributed by atoms with Crippen LogP contribution in [0, 0.1) is 6.92 Å². The molecule has 5 nitrogen and oxygen atoms in total. The molecule has 0 saturated carbocycles. The Bertz CT molecular complexity index is 325. The van der Waals surface area contributed by atoms with Crippen molar-refractivity contribution in [1.82, 2.24) is 9.97 Å². The van der Waals surface area contributed by atoms with Gasteiger partial charge in [0.2, 0.25) is 5.95 Å². The molecule has 0 spiro atoms. The van der Waals surface area contributed by atoms with E-state index in [0.717, 1.165) is 0 Å². The first kappa shape index (κ1) is 9.44. The molecule has 5 heteroatoms. The molecule has 0 aliphatic rings. The van der Waals surface area contributed by atoms with Gasteiger partial charge in [-0.05, 0) is 13.8 Å². The second-order valence-corrected chi connectivity index (χ2v) is 2.53. The van der Waals surface area contributed by atoms with Crippen molar-refractivity contribution in [2.75, 3.05) is 11.9 Å². The number of aryl methyl sites for hydroxylation is 1. The third-order valence-electron chi connectivity index (χ3n) is 1.54. The summed E-state index contributed by atoms with van der Waals surface area (Å²) in [5, 5.41) is 11.6. The predicted octanol–water partition coefficient (Wildman–Crippen LogP) is 0.915. The molecule has 1 aromatic heterocycles. The van der Waals surface area contributed by atoms with Gasteiger partial charge in [-0.25, -0.2) is 14.8 Å². The Kier molecular flexibility index (Phi) is 2.79. The van der Waals surface area contributed by atoms with Crippen LogP contribution in [0.2, 0.25) is 0 Å². The lowest BCUT2D eigenvalue weighted by Crippen LogP contribution is -2.07. The van der Waals surface area contributed by atoms with Crippen LogP contribution in [0.15, 0.2) is 6.20 Å². The molecule has 0 fully saturated rings. The van der Waals surface area contributed by atoms with E-state index >= 15 is 0 Å². The lowest BCUT2D eigenvalue weighted by Gasteiger charge is -2.03. The zero-order valence-electron chi connectivity index (χ0n) is 7.53. The van der Waals surface area contributed by atoms with E-state index in [2.05, 4.69) is 15.3 Å². The Morgan fingerprint density at radius 2 is 2.38 bits per heavy atom. The molecule has 1 heterocycles. The van der Waals surface area contributed by atoms with Gasteiger partial charge >= 0.3 is 5.97 Å². The highest BCUT2D eigenvalue weighted by molar-refractivity contribution is 5.88. The quantitative estimate of drug-likeness (QED) is 0.725. The fourth-order valence-electron chi connectivity index (χ4n) is 0.920. The second-order valence-electron chi connectivity index (χ2n) is 2.53. The van der Waals surface area contributed by atoms with Gasteiger partial charge < -0.3 is 10.4 Å². The fourth-order valence-corrected chi connectivity index (χ4v) is 0.920. The SMILES string of the molecule is CCNc1ncc(C(=O)O)c(C)n1. The van der Waals surface area contributed by atoms with Crippen LogP contribution >= 0.6 is 0 Å². The molecule has 0 bridgehead atoms. The lowest BCUT2D eigenvalue weighted by molar-refractivity contribution is 0.0695. The lowest BCUT2D eigenvalue weighted by atomic mass is 10.2. The Balaban J connectivity index is 2.98. The Hall–Kier alpha value is -1.65. The molecular weight excluding hydrogens is 170 g/mol. The molecule has 2 N–H and O–H groups in total. The summed E-state index contributed by atoms with van der Waals surface area (Å²) in [7, 11) is 0. The van der Waals surface area contributed by atoms with Crippen molar-refractivity contribution in [3.63, 3.8) is 0 Å². The van der Waals surface area contributed by atoms with Gasteiger partial charge in [-0.1, -0.05) is 0 Å². The van der Waals surface area contributed by atoms with Crippen LogP contribution in [0.1, 0.15) is 23.0 Å². The summed E-state index contributed by atoms with van der Waals surface area (Å²) in [6.07, 6.45) is 1.31. The molecule has 1 aromatic rings. The molecule has 0 aromatic carbocycles. The predicted molar refractivity (Wildman–Crippen MR) is 47.9 cm³/mol. The van der Waals surface area contributed by atoms with E-state index in [1.54, 1.807) is 6.92 Å². The minimum absolute atomic E-state index is 0.140. The van der Waals surface area contributed by atoms with Crippen molar-refractivity contribution in [3.8, 4) is 0 Å². The summed E-state index contributed by atoms with van der Waals surface area (Å²) < 4.78 is 0. The zero-order chi connectivity index (χ0) is 9.84. The maximum absolute atomic E-state index is 10.6. The van der Waals surface area contributed by atoms with Crippen LogP contribution in [0.3, 0.4) is 0 Å². The van der Waals surface area contributed by atoms with Gasteiger partial charge in [-0.15, -0.1) is 0 Å². The Morgan fingerprint density at radius 1 is 1.69 bits per heavy atom. The van der Waals surface area contributed by atoms with Crippen LogP contribution in [0.25, 0.3) is 0 Å². The number of anilines is 1. The first-order valence-corrected chi connectivity index (χ1v) is 3.96. The summed E-state index contributed by atoms with van der Waals surface area (Å²) in [4.78, 5) is 18.4. The van der Waals surface area contributed by atoms with E-state index in [9.17, 15) is 4.79 Å². The van der Waals surface area contributed by atoms with Crippen LogP contribution in [0.5, 0.6) is 0 Å². The van der Waals surface area contributed by atoms with Crippen molar-refractivity contribution >= 4 is 11.9 Å². The number of carbonyl (C=O) groups is 1. The topological polar surface area (TPSA) is 75.1 Å². The number of carboxylic acids is 1. The number of hydrogen-bond acceptors (Lipinski definition) is 4. The van der Waals surface area contributed by atoms with Crippen molar-refractivity contribution in [3.05, 3.63) is 17.5 Å². The van der Waals surface area contributed by atoms with Crippen LogP contribution in [-0.4, -0.2) is 27.6 Å². The zero-order valence-corrected chi connectivity index (χ0v) is 7.53. The number of aromatic carboxylic acids is 1. The van der Waals surface area contributed by atoms with Gasteiger partial charge in [0.05, 0.1) is 11.3 Å². The van der Waals surface area contributed by atoms with E-state index in [4.69, 9.17) is 5.11 Å². The molecule has 0 radical (unpaired) electrons. The van der Waals surface area contributed by atoms with Crippen molar-refractivity contribution in [2.45, 2.75) is 13.8 Å². The maximum atomic E-state index is 10.6. The largest absolute Gasteiger partial charge is 0.478 e. The maximum Gasteiger partial charge on any atom is 0.339 e. The van der Waals surface area contributed by atoms with E-state index < -0.39 is 5.97 Å².